The number of nitrogens with one attached hydrogen (secondary N) is 1. The van der Waals surface area contributed by atoms with Crippen molar-refractivity contribution in [2.75, 3.05) is 0 Å². The molecular weight excluding hydrogens is 166 g/mol. The fourth-order valence-corrected chi connectivity index (χ4v) is 1.29. The summed E-state index contributed by atoms with van der Waals surface area (Å²) in [6.07, 6.45) is 1.51. The Labute approximate surface area is 75.2 Å². The third-order valence-corrected chi connectivity index (χ3v) is 2.09. The Morgan fingerprint density at radius 1 is 1.46 bits per heavy atom. The lowest BCUT2D eigenvalue weighted by atomic mass is 10.1. The third kappa shape index (κ3) is 1.24. The van der Waals surface area contributed by atoms with E-state index in [1.807, 2.05) is 6.07 Å². The van der Waals surface area contributed by atoms with Crippen LogP contribution in [0.25, 0.3) is 5.65 Å². The molecule has 13 heavy (non-hydrogen) atoms. The maximum absolute atomic E-state index is 11.5. The van der Waals surface area contributed by atoms with E-state index in [4.69, 9.17) is 0 Å². The molecule has 0 aromatic carbocycles. The van der Waals surface area contributed by atoms with E-state index in [0.717, 1.165) is 5.56 Å². The zero-order valence-corrected chi connectivity index (χ0v) is 7.61. The number of aromatic nitrogens is 3. The Balaban J connectivity index is 2.77. The van der Waals surface area contributed by atoms with Gasteiger partial charge in [-0.1, -0.05) is 13.8 Å². The van der Waals surface area contributed by atoms with Gasteiger partial charge in [0.1, 0.15) is 6.33 Å². The first-order valence-electron chi connectivity index (χ1n) is 4.24. The summed E-state index contributed by atoms with van der Waals surface area (Å²) in [5.74, 6) is 0.356. The number of hydrogen-bond acceptors (Lipinski definition) is 2. The van der Waals surface area contributed by atoms with Gasteiger partial charge in [-0.3, -0.25) is 9.89 Å². The molecule has 0 unspecified atom stereocenters. The van der Waals surface area contributed by atoms with Gasteiger partial charge in [-0.15, -0.1) is 0 Å². The molecule has 0 saturated heterocycles. The molecule has 0 saturated carbocycles. The SMILES string of the molecule is CC(C)c1cc(=O)n2[nH]cnc2c1. The number of fused-ring (bicyclic) bond motifs is 1. The molecule has 0 bridgehead atoms. The number of H-pyrrole nitrogens is 1. The first kappa shape index (κ1) is 8.04. The predicted molar refractivity (Wildman–Crippen MR) is 49.9 cm³/mol. The van der Waals surface area contributed by atoms with Gasteiger partial charge >= 0.3 is 0 Å². The molecule has 0 aliphatic carbocycles. The average Bonchev–Trinajstić information content (AvgIpc) is 2.51. The van der Waals surface area contributed by atoms with Gasteiger partial charge < -0.3 is 0 Å². The summed E-state index contributed by atoms with van der Waals surface area (Å²) >= 11 is 0. The molecule has 0 aliphatic heterocycles. The molecule has 0 amide bonds. The van der Waals surface area contributed by atoms with Crippen molar-refractivity contribution in [3.8, 4) is 0 Å². The van der Waals surface area contributed by atoms with E-state index in [0.29, 0.717) is 11.6 Å². The molecule has 2 heterocycles. The molecule has 0 fully saturated rings. The monoisotopic (exact) mass is 177 g/mol. The zero-order valence-electron chi connectivity index (χ0n) is 7.61. The van der Waals surface area contributed by atoms with Gasteiger partial charge in [0.05, 0.1) is 0 Å². The van der Waals surface area contributed by atoms with E-state index >= 15 is 0 Å². The quantitative estimate of drug-likeness (QED) is 0.710. The number of hydrogen-bond donors (Lipinski definition) is 1. The molecule has 4 nitrogen and oxygen atoms in total. The van der Waals surface area contributed by atoms with Crippen LogP contribution in [0.15, 0.2) is 23.3 Å². The number of nitrogens with zero attached hydrogens (tertiary/aromatic N) is 2. The van der Waals surface area contributed by atoms with Crippen LogP contribution in [0.5, 0.6) is 0 Å². The zero-order chi connectivity index (χ0) is 9.42. The fourth-order valence-electron chi connectivity index (χ4n) is 1.29. The lowest BCUT2D eigenvalue weighted by Gasteiger charge is -2.03. The Bertz CT molecular complexity index is 481. The van der Waals surface area contributed by atoms with Crippen LogP contribution in [0.3, 0.4) is 0 Å². The minimum absolute atomic E-state index is 0.0568. The van der Waals surface area contributed by atoms with E-state index in [-0.39, 0.29) is 5.56 Å². The normalized spacial score (nSPS) is 11.3. The van der Waals surface area contributed by atoms with Crippen molar-refractivity contribution in [2.24, 2.45) is 0 Å². The van der Waals surface area contributed by atoms with Gasteiger partial charge in [0.2, 0.25) is 0 Å². The Morgan fingerprint density at radius 3 is 2.92 bits per heavy atom. The van der Waals surface area contributed by atoms with Crippen LogP contribution in [0, 0.1) is 0 Å². The lowest BCUT2D eigenvalue weighted by molar-refractivity contribution is 0.843. The summed E-state index contributed by atoms with van der Waals surface area (Å²) in [6.45, 7) is 4.11. The largest absolute Gasteiger partial charge is 0.279 e. The standard InChI is InChI=1S/C9H11N3O/c1-6(2)7-3-8-10-5-11-12(8)9(13)4-7/h3-6H,1-2H3,(H,10,11). The van der Waals surface area contributed by atoms with Crippen molar-refractivity contribution in [1.82, 2.24) is 14.6 Å². The van der Waals surface area contributed by atoms with Crippen LogP contribution in [-0.2, 0) is 0 Å². The third-order valence-electron chi connectivity index (χ3n) is 2.09. The molecule has 1 N–H and O–H groups in total. The molecule has 68 valence electrons. The highest BCUT2D eigenvalue weighted by Crippen LogP contribution is 2.12. The van der Waals surface area contributed by atoms with Crippen molar-refractivity contribution >= 4 is 5.65 Å². The summed E-state index contributed by atoms with van der Waals surface area (Å²) in [6, 6.07) is 3.55. The average molecular weight is 177 g/mol. The minimum Gasteiger partial charge on any atom is -0.279 e. The number of pyridine rings is 1. The molecule has 0 atom stereocenters. The van der Waals surface area contributed by atoms with Crippen LogP contribution < -0.4 is 5.56 Å². The van der Waals surface area contributed by atoms with Crippen molar-refractivity contribution in [2.45, 2.75) is 19.8 Å². The second kappa shape index (κ2) is 2.73. The van der Waals surface area contributed by atoms with Crippen LogP contribution in [-0.4, -0.2) is 14.6 Å². The molecule has 4 heteroatoms. The maximum Gasteiger partial charge on any atom is 0.271 e. The second-order valence-electron chi connectivity index (χ2n) is 3.36. The van der Waals surface area contributed by atoms with E-state index < -0.39 is 0 Å². The van der Waals surface area contributed by atoms with Gasteiger partial charge in [-0.2, -0.15) is 0 Å². The van der Waals surface area contributed by atoms with Gasteiger partial charge in [-0.25, -0.2) is 9.50 Å². The van der Waals surface area contributed by atoms with Gasteiger partial charge in [0.15, 0.2) is 5.65 Å². The van der Waals surface area contributed by atoms with Gasteiger partial charge in [0.25, 0.3) is 5.56 Å². The highest BCUT2D eigenvalue weighted by Gasteiger charge is 2.04. The smallest absolute Gasteiger partial charge is 0.271 e. The van der Waals surface area contributed by atoms with Crippen LogP contribution in [0.2, 0.25) is 0 Å². The highest BCUT2D eigenvalue weighted by atomic mass is 16.1. The summed E-state index contributed by atoms with van der Waals surface area (Å²) in [4.78, 5) is 15.5. The molecule has 0 aliphatic rings. The Hall–Kier alpha value is -1.58. The fraction of sp³-hybridized carbons (Fsp3) is 0.333. The Kier molecular flexibility index (Phi) is 1.69. The van der Waals surface area contributed by atoms with Crippen molar-refractivity contribution < 1.29 is 0 Å². The lowest BCUT2D eigenvalue weighted by Crippen LogP contribution is -2.13. The summed E-state index contributed by atoms with van der Waals surface area (Å²) in [5.41, 5.74) is 1.65. The molecular formula is C9H11N3O. The molecule has 2 aromatic heterocycles. The molecule has 2 aromatic rings. The van der Waals surface area contributed by atoms with E-state index in [1.54, 1.807) is 6.07 Å². The maximum atomic E-state index is 11.5. The topological polar surface area (TPSA) is 50.2 Å². The van der Waals surface area contributed by atoms with Crippen molar-refractivity contribution in [3.63, 3.8) is 0 Å². The second-order valence-corrected chi connectivity index (χ2v) is 3.36. The summed E-state index contributed by atoms with van der Waals surface area (Å²) in [7, 11) is 0. The first-order valence-corrected chi connectivity index (χ1v) is 4.24. The van der Waals surface area contributed by atoms with Gasteiger partial charge in [0, 0.05) is 6.07 Å². The molecule has 0 spiro atoms. The molecule has 2 rings (SSSR count). The van der Waals surface area contributed by atoms with Crippen LogP contribution in [0.4, 0.5) is 0 Å². The van der Waals surface area contributed by atoms with Crippen LogP contribution in [0.1, 0.15) is 25.3 Å². The van der Waals surface area contributed by atoms with Crippen LogP contribution >= 0.6 is 0 Å². The minimum atomic E-state index is -0.0568. The predicted octanol–water partition coefficient (Wildman–Crippen LogP) is 1.15. The van der Waals surface area contributed by atoms with Crippen molar-refractivity contribution in [1.29, 1.82) is 0 Å². The first-order chi connectivity index (χ1) is 6.18. The number of rotatable bonds is 1. The summed E-state index contributed by atoms with van der Waals surface area (Å²) < 4.78 is 1.42. The van der Waals surface area contributed by atoms with E-state index in [1.165, 1.54) is 10.8 Å². The van der Waals surface area contributed by atoms with Gasteiger partial charge in [-0.05, 0) is 17.5 Å². The van der Waals surface area contributed by atoms with Crippen molar-refractivity contribution in [3.05, 3.63) is 34.4 Å². The number of aromatic amines is 1. The Morgan fingerprint density at radius 2 is 2.23 bits per heavy atom. The van der Waals surface area contributed by atoms with E-state index in [9.17, 15) is 4.79 Å². The molecule has 0 radical (unpaired) electrons. The summed E-state index contributed by atoms with van der Waals surface area (Å²) in [5, 5.41) is 2.75. The highest BCUT2D eigenvalue weighted by molar-refractivity contribution is 5.40. The van der Waals surface area contributed by atoms with E-state index in [2.05, 4.69) is 23.9 Å².